The molecule has 184 valence electrons. The Labute approximate surface area is 197 Å². The lowest BCUT2D eigenvalue weighted by molar-refractivity contribution is -0.137. The number of aliphatic carboxylic acids is 1. The van der Waals surface area contributed by atoms with Gasteiger partial charge in [-0.3, -0.25) is 14.5 Å². The van der Waals surface area contributed by atoms with Gasteiger partial charge in [0.15, 0.2) is 0 Å². The van der Waals surface area contributed by atoms with E-state index in [4.69, 9.17) is 20.3 Å². The maximum atomic E-state index is 12.7. The summed E-state index contributed by atoms with van der Waals surface area (Å²) in [6.07, 6.45) is 0.883. The number of carboxylic acid groups (broad SMARTS) is 1. The van der Waals surface area contributed by atoms with Crippen LogP contribution < -0.4 is 11.1 Å². The second-order valence-corrected chi connectivity index (χ2v) is 9.60. The molecule has 0 radical (unpaired) electrons. The lowest BCUT2D eigenvalue weighted by Gasteiger charge is -2.35. The average molecular weight is 475 g/mol. The van der Waals surface area contributed by atoms with E-state index in [0.717, 1.165) is 0 Å². The third kappa shape index (κ3) is 6.46. The van der Waals surface area contributed by atoms with E-state index in [1.54, 1.807) is 45.0 Å². The lowest BCUT2D eigenvalue weighted by Crippen LogP contribution is -2.45. The topological polar surface area (TPSA) is 161 Å². The van der Waals surface area contributed by atoms with Gasteiger partial charge in [-0.1, -0.05) is 12.1 Å². The van der Waals surface area contributed by atoms with E-state index in [2.05, 4.69) is 10.3 Å². The molecule has 11 nitrogen and oxygen atoms in total. The Hall–Kier alpha value is -3.63. The van der Waals surface area contributed by atoms with Crippen LogP contribution in [-0.2, 0) is 14.3 Å². The highest BCUT2D eigenvalue weighted by atomic mass is 16.6. The molecule has 1 saturated heterocycles. The number of rotatable bonds is 5. The van der Waals surface area contributed by atoms with Crippen LogP contribution in [0.5, 0.6) is 0 Å². The zero-order valence-electron chi connectivity index (χ0n) is 19.5. The number of hydrogen-bond donors (Lipinski definition) is 3. The number of aliphatic imine (C=N–C) groups is 1. The van der Waals surface area contributed by atoms with E-state index in [1.165, 1.54) is 4.90 Å². The highest BCUT2D eigenvalue weighted by Gasteiger charge is 2.47. The van der Waals surface area contributed by atoms with E-state index in [1.807, 2.05) is 0 Å². The third-order valence-corrected chi connectivity index (χ3v) is 5.65. The first-order valence-corrected chi connectivity index (χ1v) is 11.0. The molecule has 1 heterocycles. The summed E-state index contributed by atoms with van der Waals surface area (Å²) in [5.74, 6) is -1.35. The fourth-order valence-corrected chi connectivity index (χ4v) is 4.04. The van der Waals surface area contributed by atoms with Crippen molar-refractivity contribution in [3.63, 3.8) is 0 Å². The Balaban J connectivity index is 1.53. The van der Waals surface area contributed by atoms with E-state index in [-0.39, 0.29) is 30.9 Å². The molecule has 1 aromatic carbocycles. The van der Waals surface area contributed by atoms with Gasteiger partial charge in [0.25, 0.3) is 5.91 Å². The highest BCUT2D eigenvalue weighted by molar-refractivity contribution is 6.03. The van der Waals surface area contributed by atoms with Gasteiger partial charge >= 0.3 is 18.2 Å². The fraction of sp³-hybridized carbons (Fsp3) is 0.522. The zero-order chi connectivity index (χ0) is 25.1. The van der Waals surface area contributed by atoms with Crippen molar-refractivity contribution in [3.8, 4) is 0 Å². The Morgan fingerprint density at radius 2 is 1.79 bits per heavy atom. The summed E-state index contributed by atoms with van der Waals surface area (Å²) in [6.45, 7) is 5.04. The zero-order valence-corrected chi connectivity index (χ0v) is 19.5. The summed E-state index contributed by atoms with van der Waals surface area (Å²) in [4.78, 5) is 52.2. The van der Waals surface area contributed by atoms with Crippen molar-refractivity contribution >= 4 is 29.9 Å². The van der Waals surface area contributed by atoms with Crippen LogP contribution in [0.15, 0.2) is 29.3 Å². The first-order valence-electron chi connectivity index (χ1n) is 11.0. The number of carboxylic acids is 1. The number of amidine groups is 1. The van der Waals surface area contributed by atoms with Gasteiger partial charge in [0.1, 0.15) is 23.6 Å². The minimum Gasteiger partial charge on any atom is -0.480 e. The predicted octanol–water partition coefficient (Wildman–Crippen LogP) is 2.28. The SMILES string of the molecule is CC(C)(C)OC(=O)N=C(N)c1ccc(C(=O)NC2CCC3(CC2)CN(CC(=O)O)C(=O)O3)cc1. The molecule has 1 aliphatic carbocycles. The van der Waals surface area contributed by atoms with Crippen LogP contribution in [0.3, 0.4) is 0 Å². The molecule has 1 saturated carbocycles. The summed E-state index contributed by atoms with van der Waals surface area (Å²) in [5.41, 5.74) is 5.40. The van der Waals surface area contributed by atoms with Crippen LogP contribution in [0.4, 0.5) is 9.59 Å². The Kier molecular flexibility index (Phi) is 7.13. The first-order chi connectivity index (χ1) is 15.9. The number of benzene rings is 1. The molecule has 2 fully saturated rings. The molecule has 3 amide bonds. The molecular weight excluding hydrogens is 444 g/mol. The third-order valence-electron chi connectivity index (χ3n) is 5.65. The molecular formula is C23H30N4O7. The summed E-state index contributed by atoms with van der Waals surface area (Å²) < 4.78 is 10.6. The molecule has 0 aromatic heterocycles. The monoisotopic (exact) mass is 474 g/mol. The van der Waals surface area contributed by atoms with Gasteiger partial charge in [0, 0.05) is 17.2 Å². The van der Waals surface area contributed by atoms with E-state index in [0.29, 0.717) is 36.8 Å². The van der Waals surface area contributed by atoms with Crippen LogP contribution in [0.1, 0.15) is 62.4 Å². The summed E-state index contributed by atoms with van der Waals surface area (Å²) >= 11 is 0. The quantitative estimate of drug-likeness (QED) is 0.433. The normalized spacial score (nSPS) is 22.9. The number of carbonyl (C=O) groups is 4. The van der Waals surface area contributed by atoms with E-state index in [9.17, 15) is 19.2 Å². The second kappa shape index (κ2) is 9.70. The molecule has 1 aliphatic heterocycles. The summed E-state index contributed by atoms with van der Waals surface area (Å²) in [7, 11) is 0. The predicted molar refractivity (Wildman–Crippen MR) is 122 cm³/mol. The highest BCUT2D eigenvalue weighted by Crippen LogP contribution is 2.37. The van der Waals surface area contributed by atoms with Crippen LogP contribution in [0, 0.1) is 0 Å². The summed E-state index contributed by atoms with van der Waals surface area (Å²) in [6, 6.07) is 6.29. The van der Waals surface area contributed by atoms with Crippen molar-refractivity contribution in [1.29, 1.82) is 0 Å². The van der Waals surface area contributed by atoms with Crippen molar-refractivity contribution < 1.29 is 33.8 Å². The first kappa shape index (κ1) is 25.0. The number of hydrogen-bond acceptors (Lipinski definition) is 6. The van der Waals surface area contributed by atoms with Gasteiger partial charge in [-0.15, -0.1) is 0 Å². The minimum atomic E-state index is -1.08. The molecule has 0 bridgehead atoms. The fourth-order valence-electron chi connectivity index (χ4n) is 4.04. The van der Waals surface area contributed by atoms with Gasteiger partial charge in [-0.25, -0.2) is 9.59 Å². The molecule has 34 heavy (non-hydrogen) atoms. The second-order valence-electron chi connectivity index (χ2n) is 9.60. The molecule has 3 rings (SSSR count). The van der Waals surface area contributed by atoms with Crippen LogP contribution in [-0.4, -0.2) is 70.2 Å². The number of ether oxygens (including phenoxy) is 2. The van der Waals surface area contributed by atoms with E-state index < -0.39 is 29.4 Å². The van der Waals surface area contributed by atoms with Crippen molar-refractivity contribution in [3.05, 3.63) is 35.4 Å². The van der Waals surface area contributed by atoms with Crippen LogP contribution >= 0.6 is 0 Å². The standard InChI is InChI=1S/C23H30N4O7/c1-22(2,3)33-20(31)26-18(24)14-4-6-15(7-5-14)19(30)25-16-8-10-23(11-9-16)13-27(12-17(28)29)21(32)34-23/h4-7,16H,8-13H2,1-3H3,(H,25,30)(H,28,29)(H2,24,26,31). The Bertz CT molecular complexity index is 990. The van der Waals surface area contributed by atoms with Crippen molar-refractivity contribution in [2.75, 3.05) is 13.1 Å². The number of nitrogens with two attached hydrogens (primary N) is 1. The molecule has 0 unspecified atom stereocenters. The number of carbonyl (C=O) groups excluding carboxylic acids is 3. The van der Waals surface area contributed by atoms with Crippen molar-refractivity contribution in [1.82, 2.24) is 10.2 Å². The van der Waals surface area contributed by atoms with Gasteiger partial charge in [0.05, 0.1) is 6.54 Å². The van der Waals surface area contributed by atoms with Crippen LogP contribution in [0.2, 0.25) is 0 Å². The number of nitrogens with zero attached hydrogens (tertiary/aromatic N) is 2. The Morgan fingerprint density at radius 3 is 2.35 bits per heavy atom. The van der Waals surface area contributed by atoms with Gasteiger partial charge in [-0.2, -0.15) is 4.99 Å². The molecule has 0 atom stereocenters. The molecule has 11 heteroatoms. The summed E-state index contributed by atoms with van der Waals surface area (Å²) in [5, 5.41) is 11.9. The molecule has 4 N–H and O–H groups in total. The van der Waals surface area contributed by atoms with Gasteiger partial charge in [-0.05, 0) is 58.6 Å². The lowest BCUT2D eigenvalue weighted by atomic mass is 9.82. The number of amides is 3. The molecule has 1 aromatic rings. The Morgan fingerprint density at radius 1 is 1.21 bits per heavy atom. The molecule has 2 aliphatic rings. The average Bonchev–Trinajstić information content (AvgIpc) is 3.02. The van der Waals surface area contributed by atoms with Gasteiger partial charge in [0.2, 0.25) is 0 Å². The molecule has 1 spiro atoms. The number of nitrogens with one attached hydrogen (secondary N) is 1. The van der Waals surface area contributed by atoms with Crippen molar-refractivity contribution in [2.45, 2.75) is 63.7 Å². The maximum absolute atomic E-state index is 12.7. The smallest absolute Gasteiger partial charge is 0.436 e. The van der Waals surface area contributed by atoms with Crippen LogP contribution in [0.25, 0.3) is 0 Å². The van der Waals surface area contributed by atoms with Crippen molar-refractivity contribution in [2.24, 2.45) is 10.7 Å². The largest absolute Gasteiger partial charge is 0.480 e. The minimum absolute atomic E-state index is 0.0122. The van der Waals surface area contributed by atoms with E-state index >= 15 is 0 Å². The van der Waals surface area contributed by atoms with Gasteiger partial charge < -0.3 is 25.6 Å². The maximum Gasteiger partial charge on any atom is 0.436 e.